The summed E-state index contributed by atoms with van der Waals surface area (Å²) in [5, 5.41) is 0. The Morgan fingerprint density at radius 3 is 1.81 bits per heavy atom. The minimum atomic E-state index is -5.28. The van der Waals surface area contributed by atoms with E-state index < -0.39 is 31.9 Å². The molecular weight excluding hydrogens is 449 g/mol. The number of benzene rings is 3. The smallest absolute Gasteiger partial charge is 0.289 e. The van der Waals surface area contributed by atoms with Gasteiger partial charge < -0.3 is 0 Å². The molecule has 0 fully saturated rings. The van der Waals surface area contributed by atoms with Crippen LogP contribution in [0.25, 0.3) is 11.1 Å². The van der Waals surface area contributed by atoms with E-state index in [9.17, 15) is 30.4 Å². The molecule has 3 aromatic rings. The van der Waals surface area contributed by atoms with Crippen LogP contribution >= 0.6 is 0 Å². The standard InChI is InChI=1S/C13H9F3O2S.C10H9F2N/c14-13(15,16)19(17,18)12-8-6-11(7-9-12)10-4-2-1-3-5-10;11-7-3-1-4-8(12)10(7)9-5-2-6-13-9/h1-9H;1,3-4H,2,5-6H2. The van der Waals surface area contributed by atoms with Crippen molar-refractivity contribution in [2.45, 2.75) is 23.2 Å². The van der Waals surface area contributed by atoms with E-state index in [1.165, 1.54) is 30.3 Å². The first-order valence-electron chi connectivity index (χ1n) is 9.56. The molecule has 0 N–H and O–H groups in total. The average Bonchev–Trinajstić information content (AvgIpc) is 3.28. The number of sulfone groups is 1. The van der Waals surface area contributed by atoms with Crippen LogP contribution in [-0.2, 0) is 9.84 Å². The first-order valence-corrected chi connectivity index (χ1v) is 11.0. The lowest BCUT2D eigenvalue weighted by Crippen LogP contribution is -2.23. The third-order valence-electron chi connectivity index (χ3n) is 4.70. The molecule has 1 heterocycles. The van der Waals surface area contributed by atoms with Crippen LogP contribution in [0.15, 0.2) is 82.7 Å². The van der Waals surface area contributed by atoms with Gasteiger partial charge in [0, 0.05) is 12.3 Å². The van der Waals surface area contributed by atoms with E-state index in [4.69, 9.17) is 0 Å². The molecule has 32 heavy (non-hydrogen) atoms. The summed E-state index contributed by atoms with van der Waals surface area (Å²) in [5.41, 5.74) is -3.20. The fourth-order valence-corrected chi connectivity index (χ4v) is 3.87. The van der Waals surface area contributed by atoms with Crippen molar-refractivity contribution in [3.63, 3.8) is 0 Å². The van der Waals surface area contributed by atoms with Gasteiger partial charge in [-0.25, -0.2) is 17.2 Å². The van der Waals surface area contributed by atoms with E-state index in [1.807, 2.05) is 6.07 Å². The third kappa shape index (κ3) is 5.21. The first kappa shape index (κ1) is 23.6. The van der Waals surface area contributed by atoms with Gasteiger partial charge in [-0.05, 0) is 48.2 Å². The third-order valence-corrected chi connectivity index (χ3v) is 6.20. The minimum absolute atomic E-state index is 0.0556. The van der Waals surface area contributed by atoms with Gasteiger partial charge in [-0.1, -0.05) is 48.5 Å². The highest BCUT2D eigenvalue weighted by Crippen LogP contribution is 2.31. The fourth-order valence-electron chi connectivity index (χ4n) is 3.11. The number of alkyl halides is 3. The largest absolute Gasteiger partial charge is 0.501 e. The second kappa shape index (κ2) is 9.60. The summed E-state index contributed by atoms with van der Waals surface area (Å²) in [7, 11) is -5.28. The van der Waals surface area contributed by atoms with Gasteiger partial charge in [0.25, 0.3) is 9.84 Å². The van der Waals surface area contributed by atoms with Crippen LogP contribution in [0.1, 0.15) is 18.4 Å². The summed E-state index contributed by atoms with van der Waals surface area (Å²) in [4.78, 5) is 3.31. The zero-order chi connectivity index (χ0) is 23.4. The van der Waals surface area contributed by atoms with E-state index in [1.54, 1.807) is 24.3 Å². The zero-order valence-corrected chi connectivity index (χ0v) is 17.4. The van der Waals surface area contributed by atoms with Gasteiger partial charge in [-0.2, -0.15) is 13.2 Å². The van der Waals surface area contributed by atoms with E-state index in [0.717, 1.165) is 24.1 Å². The fraction of sp³-hybridized carbons (Fsp3) is 0.174. The Morgan fingerprint density at radius 2 is 1.31 bits per heavy atom. The van der Waals surface area contributed by atoms with Crippen molar-refractivity contribution in [2.24, 2.45) is 4.99 Å². The maximum absolute atomic E-state index is 13.2. The Kier molecular flexibility index (Phi) is 7.08. The molecule has 168 valence electrons. The normalized spacial score (nSPS) is 13.8. The summed E-state index contributed by atoms with van der Waals surface area (Å²) < 4.78 is 85.8. The maximum Gasteiger partial charge on any atom is 0.501 e. The Hall–Kier alpha value is -3.07. The summed E-state index contributed by atoms with van der Waals surface area (Å²) >= 11 is 0. The van der Waals surface area contributed by atoms with Crippen LogP contribution in [-0.4, -0.2) is 26.2 Å². The quantitative estimate of drug-likeness (QED) is 0.431. The Balaban J connectivity index is 0.000000193. The van der Waals surface area contributed by atoms with Crippen LogP contribution in [0.2, 0.25) is 0 Å². The van der Waals surface area contributed by atoms with Gasteiger partial charge >= 0.3 is 5.51 Å². The van der Waals surface area contributed by atoms with Crippen molar-refractivity contribution in [3.8, 4) is 11.1 Å². The Labute approximate surface area is 182 Å². The molecule has 0 atom stereocenters. The molecule has 0 radical (unpaired) electrons. The zero-order valence-electron chi connectivity index (χ0n) is 16.6. The molecule has 9 heteroatoms. The number of hydrogen-bond acceptors (Lipinski definition) is 3. The minimum Gasteiger partial charge on any atom is -0.289 e. The number of aliphatic imine (C=N–C) groups is 1. The van der Waals surface area contributed by atoms with Crippen molar-refractivity contribution in [2.75, 3.05) is 6.54 Å². The van der Waals surface area contributed by atoms with Crippen molar-refractivity contribution < 1.29 is 30.4 Å². The first-order chi connectivity index (χ1) is 15.1. The van der Waals surface area contributed by atoms with Crippen LogP contribution in [0, 0.1) is 11.6 Å². The number of rotatable bonds is 3. The molecule has 4 rings (SSSR count). The molecule has 0 saturated carbocycles. The summed E-state index contributed by atoms with van der Waals surface area (Å²) in [6, 6.07) is 17.5. The lowest BCUT2D eigenvalue weighted by Gasteiger charge is -2.08. The van der Waals surface area contributed by atoms with Crippen molar-refractivity contribution >= 4 is 15.5 Å². The molecule has 0 aliphatic carbocycles. The van der Waals surface area contributed by atoms with Gasteiger partial charge in [0.05, 0.1) is 10.5 Å². The molecule has 3 nitrogen and oxygen atoms in total. The monoisotopic (exact) mass is 467 g/mol. The van der Waals surface area contributed by atoms with Gasteiger partial charge in [0.2, 0.25) is 0 Å². The highest BCUT2D eigenvalue weighted by Gasteiger charge is 2.46. The molecule has 0 spiro atoms. The van der Waals surface area contributed by atoms with Gasteiger partial charge in [0.1, 0.15) is 11.6 Å². The van der Waals surface area contributed by atoms with Crippen molar-refractivity contribution in [1.29, 1.82) is 0 Å². The second-order valence-electron chi connectivity index (χ2n) is 6.87. The SMILES string of the molecule is Fc1cccc(F)c1C1=NCCC1.O=S(=O)(c1ccc(-c2ccccc2)cc1)C(F)(F)F. The summed E-state index contributed by atoms with van der Waals surface area (Å²) in [5.74, 6) is -1.03. The van der Waals surface area contributed by atoms with Gasteiger partial charge in [0.15, 0.2) is 0 Å². The molecule has 0 saturated heterocycles. The number of nitrogens with zero attached hydrogens (tertiary/aromatic N) is 1. The lowest BCUT2D eigenvalue weighted by molar-refractivity contribution is -0.0436. The second-order valence-corrected chi connectivity index (χ2v) is 8.81. The van der Waals surface area contributed by atoms with Gasteiger partial charge in [-0.3, -0.25) is 4.99 Å². The highest BCUT2D eigenvalue weighted by molar-refractivity contribution is 7.92. The lowest BCUT2D eigenvalue weighted by atomic mass is 10.1. The van der Waals surface area contributed by atoms with E-state index in [0.29, 0.717) is 24.2 Å². The van der Waals surface area contributed by atoms with E-state index in [-0.39, 0.29) is 5.56 Å². The highest BCUT2D eigenvalue weighted by atomic mass is 32.2. The van der Waals surface area contributed by atoms with Crippen LogP contribution < -0.4 is 0 Å². The van der Waals surface area contributed by atoms with E-state index in [2.05, 4.69) is 4.99 Å². The Morgan fingerprint density at radius 1 is 0.750 bits per heavy atom. The molecule has 0 aromatic heterocycles. The van der Waals surface area contributed by atoms with Gasteiger partial charge in [-0.15, -0.1) is 0 Å². The molecule has 3 aromatic carbocycles. The molecule has 0 unspecified atom stereocenters. The topological polar surface area (TPSA) is 46.5 Å². The van der Waals surface area contributed by atoms with Crippen LogP contribution in [0.3, 0.4) is 0 Å². The summed E-state index contributed by atoms with van der Waals surface area (Å²) in [6.45, 7) is 0.684. The number of halogens is 5. The molecular formula is C23H18F5NO2S. The van der Waals surface area contributed by atoms with Crippen molar-refractivity contribution in [3.05, 3.63) is 90.0 Å². The molecule has 1 aliphatic heterocycles. The van der Waals surface area contributed by atoms with Crippen LogP contribution in [0.4, 0.5) is 22.0 Å². The predicted molar refractivity (Wildman–Crippen MR) is 112 cm³/mol. The molecule has 1 aliphatic rings. The maximum atomic E-state index is 13.2. The molecule has 0 amide bonds. The number of hydrogen-bond donors (Lipinski definition) is 0. The average molecular weight is 467 g/mol. The predicted octanol–water partition coefficient (Wildman–Crippen LogP) is 6.19. The molecule has 0 bridgehead atoms. The van der Waals surface area contributed by atoms with Crippen LogP contribution in [0.5, 0.6) is 0 Å². The Bertz CT molecular complexity index is 1190. The van der Waals surface area contributed by atoms with Crippen molar-refractivity contribution in [1.82, 2.24) is 0 Å². The summed E-state index contributed by atoms with van der Waals surface area (Å²) in [6.07, 6.45) is 1.57. The van der Waals surface area contributed by atoms with E-state index >= 15 is 0 Å².